The van der Waals surface area contributed by atoms with Crippen LogP contribution in [-0.4, -0.2) is 48.1 Å². The summed E-state index contributed by atoms with van der Waals surface area (Å²) in [7, 11) is 3.09. The molecule has 0 spiro atoms. The van der Waals surface area contributed by atoms with Crippen LogP contribution < -0.4 is 25.1 Å². The lowest BCUT2D eigenvalue weighted by Crippen LogP contribution is -2.49. The van der Waals surface area contributed by atoms with Crippen molar-refractivity contribution in [1.82, 2.24) is 10.4 Å². The van der Waals surface area contributed by atoms with E-state index in [1.54, 1.807) is 80.3 Å². The monoisotopic (exact) mass is 510 g/mol. The van der Waals surface area contributed by atoms with Gasteiger partial charge >= 0.3 is 0 Å². The van der Waals surface area contributed by atoms with E-state index in [2.05, 4.69) is 10.7 Å². The number of rotatable bonds is 8. The first-order chi connectivity index (χ1) is 16.9. The van der Waals surface area contributed by atoms with E-state index >= 15 is 0 Å². The number of ether oxygens (including phenoxy) is 2. The molecule has 1 aromatic heterocycles. The molecular weight excluding hydrogens is 488 g/mol. The Hall–Kier alpha value is -3.96. The summed E-state index contributed by atoms with van der Waals surface area (Å²) in [4.78, 5) is 40.8. The summed E-state index contributed by atoms with van der Waals surface area (Å²) in [5.74, 6) is -0.00593. The average Bonchev–Trinajstić information content (AvgIpc) is 3.48. The molecule has 1 aliphatic heterocycles. The van der Waals surface area contributed by atoms with E-state index in [1.807, 2.05) is 0 Å². The van der Waals surface area contributed by atoms with E-state index in [1.165, 1.54) is 21.2 Å². The van der Waals surface area contributed by atoms with Gasteiger partial charge in [0.05, 0.1) is 31.2 Å². The lowest BCUT2D eigenvalue weighted by Gasteiger charge is -2.24. The van der Waals surface area contributed by atoms with Gasteiger partial charge in [-0.2, -0.15) is 0 Å². The second-order valence-electron chi connectivity index (χ2n) is 7.44. The number of benzene rings is 2. The molecule has 0 bridgehead atoms. The molecule has 0 aliphatic carbocycles. The summed E-state index contributed by atoms with van der Waals surface area (Å²) in [6.45, 7) is 0. The number of nitrogens with zero attached hydrogens (tertiary/aromatic N) is 2. The summed E-state index contributed by atoms with van der Waals surface area (Å²) >= 11 is 6.81. The van der Waals surface area contributed by atoms with E-state index in [9.17, 15) is 14.4 Å². The van der Waals surface area contributed by atoms with Crippen molar-refractivity contribution in [3.05, 3.63) is 70.9 Å². The van der Waals surface area contributed by atoms with Crippen LogP contribution in [0.25, 0.3) is 0 Å². The lowest BCUT2D eigenvalue weighted by molar-refractivity contribution is -0.124. The van der Waals surface area contributed by atoms with Gasteiger partial charge in [0.2, 0.25) is 11.0 Å². The lowest BCUT2D eigenvalue weighted by atomic mass is 10.1. The third kappa shape index (κ3) is 5.26. The van der Waals surface area contributed by atoms with Gasteiger partial charge in [0.15, 0.2) is 0 Å². The average molecular weight is 511 g/mol. The number of thiocarbonyl (C=S) groups is 1. The molecule has 0 saturated carbocycles. The van der Waals surface area contributed by atoms with Crippen LogP contribution in [-0.2, 0) is 9.59 Å². The zero-order chi connectivity index (χ0) is 24.9. The van der Waals surface area contributed by atoms with Crippen LogP contribution in [0.5, 0.6) is 11.5 Å². The van der Waals surface area contributed by atoms with Gasteiger partial charge in [0, 0.05) is 5.69 Å². The quantitative estimate of drug-likeness (QED) is 0.448. The summed E-state index contributed by atoms with van der Waals surface area (Å²) < 4.78 is 10.3. The predicted molar refractivity (Wildman–Crippen MR) is 137 cm³/mol. The Morgan fingerprint density at radius 3 is 2.20 bits per heavy atom. The van der Waals surface area contributed by atoms with Crippen molar-refractivity contribution in [2.75, 3.05) is 24.4 Å². The van der Waals surface area contributed by atoms with Gasteiger partial charge in [0.1, 0.15) is 17.5 Å². The summed E-state index contributed by atoms with van der Waals surface area (Å²) in [6.07, 6.45) is -0.234. The largest absolute Gasteiger partial charge is 0.497 e. The van der Waals surface area contributed by atoms with Crippen molar-refractivity contribution in [3.63, 3.8) is 0 Å². The van der Waals surface area contributed by atoms with Crippen molar-refractivity contribution in [2.45, 2.75) is 12.5 Å². The van der Waals surface area contributed by atoms with Crippen LogP contribution in [0.1, 0.15) is 16.1 Å². The van der Waals surface area contributed by atoms with E-state index in [4.69, 9.17) is 21.7 Å². The highest BCUT2D eigenvalue weighted by Gasteiger charge is 2.45. The first kappa shape index (κ1) is 24.2. The highest BCUT2D eigenvalue weighted by atomic mass is 32.1. The van der Waals surface area contributed by atoms with E-state index in [0.29, 0.717) is 27.8 Å². The smallest absolute Gasteiger partial charge is 0.279 e. The Kier molecular flexibility index (Phi) is 7.28. The Balaban J connectivity index is 1.57. The predicted octanol–water partition coefficient (Wildman–Crippen LogP) is 3.44. The minimum absolute atomic E-state index is 0.0623. The first-order valence-electron chi connectivity index (χ1n) is 10.5. The van der Waals surface area contributed by atoms with Gasteiger partial charge < -0.3 is 14.8 Å². The zero-order valence-electron chi connectivity index (χ0n) is 18.9. The van der Waals surface area contributed by atoms with Gasteiger partial charge in [-0.3, -0.25) is 24.7 Å². The molecular formula is C24H22N4O5S2. The number of amides is 3. The van der Waals surface area contributed by atoms with Gasteiger partial charge in [-0.05, 0) is 72.2 Å². The second kappa shape index (κ2) is 10.5. The zero-order valence-corrected chi connectivity index (χ0v) is 20.5. The normalized spacial score (nSPS) is 15.2. The number of carbonyl (C=O) groups excluding carboxylic acids is 3. The highest BCUT2D eigenvalue weighted by molar-refractivity contribution is 7.80. The van der Waals surface area contributed by atoms with Crippen molar-refractivity contribution in [1.29, 1.82) is 0 Å². The second-order valence-corrected chi connectivity index (χ2v) is 8.75. The fourth-order valence-electron chi connectivity index (χ4n) is 3.50. The summed E-state index contributed by atoms with van der Waals surface area (Å²) in [5, 5.41) is 5.87. The molecule has 11 heteroatoms. The number of anilines is 2. The van der Waals surface area contributed by atoms with Crippen LogP contribution >= 0.6 is 23.6 Å². The molecule has 2 heterocycles. The molecule has 2 N–H and O–H groups in total. The Bertz CT molecular complexity index is 1230. The van der Waals surface area contributed by atoms with Crippen molar-refractivity contribution in [2.24, 2.45) is 0 Å². The van der Waals surface area contributed by atoms with Crippen molar-refractivity contribution < 1.29 is 23.9 Å². The third-order valence-corrected chi connectivity index (χ3v) is 6.51. The van der Waals surface area contributed by atoms with Crippen molar-refractivity contribution in [3.8, 4) is 11.5 Å². The van der Waals surface area contributed by atoms with Crippen molar-refractivity contribution >= 4 is 57.8 Å². The number of hydrogen-bond donors (Lipinski definition) is 2. The molecule has 35 heavy (non-hydrogen) atoms. The number of carbonyl (C=O) groups is 3. The van der Waals surface area contributed by atoms with E-state index in [-0.39, 0.29) is 11.5 Å². The van der Waals surface area contributed by atoms with Gasteiger partial charge in [-0.1, -0.05) is 6.07 Å². The maximum atomic E-state index is 13.4. The molecule has 2 aromatic carbocycles. The fourth-order valence-corrected chi connectivity index (χ4v) is 4.48. The first-order valence-corrected chi connectivity index (χ1v) is 11.8. The van der Waals surface area contributed by atoms with Crippen LogP contribution in [0.4, 0.5) is 11.4 Å². The van der Waals surface area contributed by atoms with E-state index in [0.717, 1.165) is 0 Å². The molecule has 3 aromatic rings. The highest BCUT2D eigenvalue weighted by Crippen LogP contribution is 2.28. The van der Waals surface area contributed by atoms with E-state index < -0.39 is 23.8 Å². The molecule has 1 unspecified atom stereocenters. The third-order valence-electron chi connectivity index (χ3n) is 5.26. The molecule has 3 amide bonds. The molecule has 1 fully saturated rings. The number of hydrazine groups is 1. The minimum atomic E-state index is -1.04. The Morgan fingerprint density at radius 2 is 1.63 bits per heavy atom. The minimum Gasteiger partial charge on any atom is -0.497 e. The number of thiophene rings is 1. The maximum Gasteiger partial charge on any atom is 0.279 e. The molecule has 1 saturated heterocycles. The number of hydrogen-bond acceptors (Lipinski definition) is 7. The SMILES string of the molecule is COc1ccc(NC(=O)CC2C(=O)N(c3ccc(OC)cc3)C(=S)N2NC(=O)c2cccs2)cc1. The van der Waals surface area contributed by atoms with Gasteiger partial charge in [-0.25, -0.2) is 5.01 Å². The Labute approximate surface area is 211 Å². The number of methoxy groups -OCH3 is 2. The topological polar surface area (TPSA) is 100 Å². The summed E-state index contributed by atoms with van der Waals surface area (Å²) in [6, 6.07) is 15.9. The standard InChI is InChI=1S/C24H22N4O5S2/c1-32-17-9-5-15(6-10-17)25-21(29)14-19-23(31)27(16-7-11-18(33-2)12-8-16)24(34)28(19)26-22(30)20-4-3-13-35-20/h3-13,19H,14H2,1-2H3,(H,25,29)(H,26,30). The fraction of sp³-hybridized carbons (Fsp3) is 0.167. The van der Waals surface area contributed by atoms with Crippen LogP contribution in [0.15, 0.2) is 66.0 Å². The molecule has 4 rings (SSSR count). The molecule has 9 nitrogen and oxygen atoms in total. The molecule has 180 valence electrons. The van der Waals surface area contributed by atoms with Gasteiger partial charge in [-0.15, -0.1) is 11.3 Å². The number of nitrogens with one attached hydrogen (secondary N) is 2. The molecule has 1 atom stereocenters. The van der Waals surface area contributed by atoms with Gasteiger partial charge in [0.25, 0.3) is 11.8 Å². The van der Waals surface area contributed by atoms with Crippen LogP contribution in [0, 0.1) is 0 Å². The molecule has 1 aliphatic rings. The Morgan fingerprint density at radius 1 is 1.00 bits per heavy atom. The van der Waals surface area contributed by atoms with Crippen LogP contribution in [0.3, 0.4) is 0 Å². The maximum absolute atomic E-state index is 13.4. The molecule has 0 radical (unpaired) electrons. The van der Waals surface area contributed by atoms with Crippen LogP contribution in [0.2, 0.25) is 0 Å². The summed E-state index contributed by atoms with van der Waals surface area (Å²) in [5.41, 5.74) is 3.74.